The lowest BCUT2D eigenvalue weighted by Crippen LogP contribution is -2.14. The van der Waals surface area contributed by atoms with Gasteiger partial charge >= 0.3 is 0 Å². The molecule has 2 heterocycles. The maximum absolute atomic E-state index is 12.1. The number of hydrogen-bond acceptors (Lipinski definition) is 4. The number of anilines is 1. The molecule has 1 amide bonds. The van der Waals surface area contributed by atoms with Crippen molar-refractivity contribution in [2.75, 3.05) is 11.1 Å². The van der Waals surface area contributed by atoms with Crippen molar-refractivity contribution >= 4 is 46.1 Å². The van der Waals surface area contributed by atoms with E-state index in [1.165, 1.54) is 29.3 Å². The van der Waals surface area contributed by atoms with Crippen LogP contribution in [0.1, 0.15) is 17.5 Å². The van der Waals surface area contributed by atoms with Gasteiger partial charge in [-0.05, 0) is 48.6 Å². The minimum atomic E-state index is -0.0515. The average molecular weight is 359 g/mol. The summed E-state index contributed by atoms with van der Waals surface area (Å²) in [6.45, 7) is 0. The van der Waals surface area contributed by atoms with Crippen molar-refractivity contribution in [3.05, 3.63) is 46.6 Å². The molecule has 0 spiro atoms. The Bertz CT molecular complexity index is 924. The van der Waals surface area contributed by atoms with Crippen molar-refractivity contribution < 1.29 is 4.79 Å². The van der Waals surface area contributed by atoms with Crippen LogP contribution in [0.15, 0.2) is 35.6 Å². The number of carbonyl (C=O) groups is 1. The second-order valence-corrected chi connectivity index (χ2v) is 7.14. The Kier molecular flexibility index (Phi) is 4.16. The van der Waals surface area contributed by atoms with Gasteiger partial charge in [-0.1, -0.05) is 29.4 Å². The van der Waals surface area contributed by atoms with E-state index < -0.39 is 0 Å². The number of pyridine rings is 1. The van der Waals surface area contributed by atoms with Gasteiger partial charge < -0.3 is 10.3 Å². The Morgan fingerprint density at radius 3 is 3.08 bits per heavy atom. The Balaban J connectivity index is 1.39. The summed E-state index contributed by atoms with van der Waals surface area (Å²) in [6.07, 6.45) is 5.00. The van der Waals surface area contributed by atoms with Crippen LogP contribution >= 0.6 is 23.4 Å². The predicted molar refractivity (Wildman–Crippen MR) is 96.7 cm³/mol. The van der Waals surface area contributed by atoms with E-state index in [0.717, 1.165) is 24.0 Å². The zero-order chi connectivity index (χ0) is 16.5. The molecule has 2 N–H and O–H groups in total. The largest absolute Gasteiger partial charge is 0.331 e. The highest BCUT2D eigenvalue weighted by Gasteiger charge is 2.12. The van der Waals surface area contributed by atoms with Crippen molar-refractivity contribution in [1.29, 1.82) is 0 Å². The standard InChI is InChI=1S/C17H15ClN4OS/c18-12-7-14-16(19-8-12)22-17(21-14)24-9-15(23)20-13-5-4-10-2-1-3-11(10)6-13/h4-8H,1-3,9H2,(H,20,23)(H,19,21,22). The monoisotopic (exact) mass is 358 g/mol. The Morgan fingerprint density at radius 1 is 1.29 bits per heavy atom. The van der Waals surface area contributed by atoms with Gasteiger partial charge in [0, 0.05) is 11.9 Å². The first kappa shape index (κ1) is 15.5. The molecule has 0 atom stereocenters. The molecule has 0 saturated carbocycles. The Labute approximate surface area is 148 Å². The molecule has 24 heavy (non-hydrogen) atoms. The number of nitrogens with one attached hydrogen (secondary N) is 2. The molecule has 1 aromatic carbocycles. The summed E-state index contributed by atoms with van der Waals surface area (Å²) in [4.78, 5) is 23.7. The molecule has 0 aliphatic heterocycles. The van der Waals surface area contributed by atoms with E-state index in [0.29, 0.717) is 15.8 Å². The summed E-state index contributed by atoms with van der Waals surface area (Å²) in [5, 5.41) is 4.16. The van der Waals surface area contributed by atoms with Gasteiger partial charge in [-0.15, -0.1) is 0 Å². The number of aryl methyl sites for hydroxylation is 2. The summed E-state index contributed by atoms with van der Waals surface area (Å²) in [5.41, 5.74) is 4.97. The smallest absolute Gasteiger partial charge is 0.234 e. The number of halogens is 1. The van der Waals surface area contributed by atoms with Crippen LogP contribution in [0.5, 0.6) is 0 Å². The fraction of sp³-hybridized carbons (Fsp3) is 0.235. The number of benzene rings is 1. The lowest BCUT2D eigenvalue weighted by Gasteiger charge is -2.06. The third kappa shape index (κ3) is 3.25. The molecular formula is C17H15ClN4OS. The number of carbonyl (C=O) groups excluding carboxylic acids is 1. The van der Waals surface area contributed by atoms with Crippen LogP contribution in [0.2, 0.25) is 5.02 Å². The number of rotatable bonds is 4. The van der Waals surface area contributed by atoms with Crippen LogP contribution < -0.4 is 5.32 Å². The maximum atomic E-state index is 12.1. The summed E-state index contributed by atoms with van der Waals surface area (Å²) in [6, 6.07) is 7.93. The van der Waals surface area contributed by atoms with Crippen LogP contribution in [0.25, 0.3) is 11.2 Å². The average Bonchev–Trinajstić information content (AvgIpc) is 3.18. The van der Waals surface area contributed by atoms with Crippen molar-refractivity contribution in [1.82, 2.24) is 15.0 Å². The number of thioether (sulfide) groups is 1. The molecule has 0 fully saturated rings. The lowest BCUT2D eigenvalue weighted by molar-refractivity contribution is -0.113. The fourth-order valence-corrected chi connectivity index (χ4v) is 3.73. The quantitative estimate of drug-likeness (QED) is 0.695. The minimum absolute atomic E-state index is 0.0515. The number of aromatic amines is 1. The molecule has 122 valence electrons. The number of H-pyrrole nitrogens is 1. The first-order chi connectivity index (χ1) is 11.7. The molecule has 0 unspecified atom stereocenters. The van der Waals surface area contributed by atoms with E-state index >= 15 is 0 Å². The third-order valence-electron chi connectivity index (χ3n) is 4.00. The first-order valence-corrected chi connectivity index (χ1v) is 9.09. The van der Waals surface area contributed by atoms with Gasteiger partial charge in [0.25, 0.3) is 0 Å². The summed E-state index contributed by atoms with van der Waals surface area (Å²) < 4.78 is 0. The van der Waals surface area contributed by atoms with Gasteiger partial charge in [-0.2, -0.15) is 0 Å². The van der Waals surface area contributed by atoms with Gasteiger partial charge in [0.05, 0.1) is 16.3 Å². The zero-order valence-electron chi connectivity index (χ0n) is 12.8. The van der Waals surface area contributed by atoms with E-state index in [4.69, 9.17) is 11.6 Å². The van der Waals surface area contributed by atoms with Crippen molar-refractivity contribution in [3.63, 3.8) is 0 Å². The van der Waals surface area contributed by atoms with Gasteiger partial charge in [0.2, 0.25) is 5.91 Å². The molecule has 7 heteroatoms. The van der Waals surface area contributed by atoms with E-state index in [-0.39, 0.29) is 11.7 Å². The highest BCUT2D eigenvalue weighted by Crippen LogP contribution is 2.25. The Morgan fingerprint density at radius 2 is 2.17 bits per heavy atom. The van der Waals surface area contributed by atoms with E-state index in [1.807, 2.05) is 6.07 Å². The van der Waals surface area contributed by atoms with E-state index in [1.54, 1.807) is 12.3 Å². The lowest BCUT2D eigenvalue weighted by atomic mass is 10.1. The molecular weight excluding hydrogens is 344 g/mol. The van der Waals surface area contributed by atoms with E-state index in [2.05, 4.69) is 32.4 Å². The topological polar surface area (TPSA) is 70.7 Å². The number of imidazole rings is 1. The molecule has 3 aromatic rings. The summed E-state index contributed by atoms with van der Waals surface area (Å²) in [5.74, 6) is 0.231. The Hall–Kier alpha value is -2.05. The molecule has 0 saturated heterocycles. The van der Waals surface area contributed by atoms with Crippen LogP contribution in [0.4, 0.5) is 5.69 Å². The third-order valence-corrected chi connectivity index (χ3v) is 5.08. The predicted octanol–water partition coefficient (Wildman–Crippen LogP) is 3.83. The van der Waals surface area contributed by atoms with Crippen LogP contribution in [0, 0.1) is 0 Å². The second-order valence-electron chi connectivity index (χ2n) is 5.74. The van der Waals surface area contributed by atoms with Gasteiger partial charge in [0.1, 0.15) is 0 Å². The molecule has 1 aliphatic rings. The van der Waals surface area contributed by atoms with Crippen molar-refractivity contribution in [3.8, 4) is 0 Å². The SMILES string of the molecule is O=C(CSc1nc2ncc(Cl)cc2[nH]1)Nc1ccc2c(c1)CCC2. The van der Waals surface area contributed by atoms with Crippen molar-refractivity contribution in [2.24, 2.45) is 0 Å². The van der Waals surface area contributed by atoms with Gasteiger partial charge in [-0.3, -0.25) is 4.79 Å². The number of fused-ring (bicyclic) bond motifs is 2. The van der Waals surface area contributed by atoms with Gasteiger partial charge in [0.15, 0.2) is 10.8 Å². The van der Waals surface area contributed by atoms with E-state index in [9.17, 15) is 4.79 Å². The number of amides is 1. The normalized spacial score (nSPS) is 13.2. The van der Waals surface area contributed by atoms with Crippen LogP contribution in [0.3, 0.4) is 0 Å². The van der Waals surface area contributed by atoms with Crippen LogP contribution in [-0.2, 0) is 17.6 Å². The minimum Gasteiger partial charge on any atom is -0.331 e. The second kappa shape index (κ2) is 6.45. The number of aromatic nitrogens is 3. The maximum Gasteiger partial charge on any atom is 0.234 e. The number of hydrogen-bond donors (Lipinski definition) is 2. The molecule has 5 nitrogen and oxygen atoms in total. The molecule has 0 bridgehead atoms. The summed E-state index contributed by atoms with van der Waals surface area (Å²) in [7, 11) is 0. The summed E-state index contributed by atoms with van der Waals surface area (Å²) >= 11 is 7.25. The van der Waals surface area contributed by atoms with Crippen LogP contribution in [-0.4, -0.2) is 26.6 Å². The molecule has 2 aromatic heterocycles. The number of nitrogens with zero attached hydrogens (tertiary/aromatic N) is 2. The highest BCUT2D eigenvalue weighted by molar-refractivity contribution is 7.99. The first-order valence-electron chi connectivity index (χ1n) is 7.73. The molecule has 0 radical (unpaired) electrons. The zero-order valence-corrected chi connectivity index (χ0v) is 14.4. The highest BCUT2D eigenvalue weighted by atomic mass is 35.5. The fourth-order valence-electron chi connectivity index (χ4n) is 2.90. The molecule has 4 rings (SSSR count). The molecule has 1 aliphatic carbocycles. The van der Waals surface area contributed by atoms with Gasteiger partial charge in [-0.25, -0.2) is 9.97 Å². The van der Waals surface area contributed by atoms with Crippen molar-refractivity contribution in [2.45, 2.75) is 24.4 Å².